The van der Waals surface area contributed by atoms with Crippen LogP contribution in [0, 0.1) is 5.82 Å². The third kappa shape index (κ3) is 7.06. The molecule has 39 heavy (non-hydrogen) atoms. The summed E-state index contributed by atoms with van der Waals surface area (Å²) in [5, 5.41) is 0. The van der Waals surface area contributed by atoms with Crippen molar-refractivity contribution >= 4 is 23.8 Å². The Morgan fingerprint density at radius 3 is 2.44 bits per heavy atom. The number of benzene rings is 2. The van der Waals surface area contributed by atoms with Gasteiger partial charge in [0.05, 0.1) is 12.3 Å². The van der Waals surface area contributed by atoms with Crippen molar-refractivity contribution in [2.75, 3.05) is 38.2 Å². The van der Waals surface area contributed by atoms with Gasteiger partial charge in [-0.25, -0.2) is 14.0 Å². The number of piperidine rings is 1. The molecule has 2 aliphatic heterocycles. The van der Waals surface area contributed by atoms with Crippen molar-refractivity contribution in [3.63, 3.8) is 0 Å². The number of carbonyl (C=O) groups is 3. The lowest BCUT2D eigenvalue weighted by molar-refractivity contribution is -0.137. The molecule has 2 saturated heterocycles. The number of nitrogens with zero attached hydrogens (tertiary/aromatic N) is 3. The molecular weight excluding hydrogens is 505 g/mol. The van der Waals surface area contributed by atoms with Crippen LogP contribution in [-0.2, 0) is 25.6 Å². The third-order valence-corrected chi connectivity index (χ3v) is 7.22. The summed E-state index contributed by atoms with van der Waals surface area (Å²) in [6.45, 7) is 6.97. The zero-order valence-corrected chi connectivity index (χ0v) is 22.9. The first-order chi connectivity index (χ1) is 18.5. The van der Waals surface area contributed by atoms with Crippen LogP contribution in [-0.4, -0.2) is 73.0 Å². The van der Waals surface area contributed by atoms with E-state index >= 15 is 4.39 Å². The van der Waals surface area contributed by atoms with Gasteiger partial charge in [-0.3, -0.25) is 9.69 Å². The summed E-state index contributed by atoms with van der Waals surface area (Å²) in [4.78, 5) is 41.7. The predicted molar refractivity (Wildman–Crippen MR) is 143 cm³/mol. The number of amides is 3. The Balaban J connectivity index is 1.28. The monoisotopic (exact) mass is 541 g/mol. The minimum atomic E-state index is -1.09. The summed E-state index contributed by atoms with van der Waals surface area (Å²) < 4.78 is 31.2. The molecule has 9 nitrogen and oxygen atoms in total. The number of likely N-dealkylation sites (tertiary alicyclic amines) is 1. The van der Waals surface area contributed by atoms with E-state index in [0.29, 0.717) is 43.8 Å². The van der Waals surface area contributed by atoms with Gasteiger partial charge in [0.2, 0.25) is 5.91 Å². The molecule has 0 radical (unpaired) electrons. The highest BCUT2D eigenvalue weighted by Gasteiger charge is 2.37. The van der Waals surface area contributed by atoms with E-state index in [0.717, 1.165) is 5.56 Å². The molecule has 10 heteroatoms. The minimum Gasteiger partial charge on any atom is -0.407 e. The second-order valence-corrected chi connectivity index (χ2v) is 10.9. The molecule has 2 aromatic rings. The number of hydrogen-bond acceptors (Lipinski definition) is 6. The number of halogens is 1. The van der Waals surface area contributed by atoms with Crippen LogP contribution >= 0.6 is 0 Å². The maximum atomic E-state index is 15.2. The molecule has 0 spiro atoms. The van der Waals surface area contributed by atoms with Crippen LogP contribution in [0.4, 0.5) is 19.7 Å². The molecule has 0 unspecified atom stereocenters. The van der Waals surface area contributed by atoms with Crippen molar-refractivity contribution < 1.29 is 33.0 Å². The lowest BCUT2D eigenvalue weighted by Crippen LogP contribution is -2.44. The van der Waals surface area contributed by atoms with E-state index in [1.807, 2.05) is 51.1 Å². The van der Waals surface area contributed by atoms with Crippen molar-refractivity contribution in [1.29, 1.82) is 0 Å². The molecule has 4 rings (SSSR count). The number of anilines is 1. The first-order valence-corrected chi connectivity index (χ1v) is 13.1. The van der Waals surface area contributed by atoms with Gasteiger partial charge in [0.1, 0.15) is 19.0 Å². The smallest absolute Gasteiger partial charge is 0.407 e. The van der Waals surface area contributed by atoms with Gasteiger partial charge in [-0.15, -0.1) is 0 Å². The highest BCUT2D eigenvalue weighted by atomic mass is 19.1. The lowest BCUT2D eigenvalue weighted by atomic mass is 9.89. The van der Waals surface area contributed by atoms with E-state index in [9.17, 15) is 14.4 Å². The molecule has 0 saturated carbocycles. The normalized spacial score (nSPS) is 18.2. The zero-order valence-electron chi connectivity index (χ0n) is 22.9. The topological polar surface area (TPSA) is 88.6 Å². The fourth-order valence-corrected chi connectivity index (χ4v) is 4.55. The van der Waals surface area contributed by atoms with Crippen molar-refractivity contribution in [3.05, 3.63) is 65.5 Å². The summed E-state index contributed by atoms with van der Waals surface area (Å²) in [5.41, 5.74) is 1.42. The van der Waals surface area contributed by atoms with Crippen LogP contribution in [0.1, 0.15) is 50.7 Å². The zero-order chi connectivity index (χ0) is 28.2. The molecule has 0 bridgehead atoms. The predicted octanol–water partition coefficient (Wildman–Crippen LogP) is 4.90. The van der Waals surface area contributed by atoms with Gasteiger partial charge in [0, 0.05) is 25.7 Å². The van der Waals surface area contributed by atoms with E-state index in [1.165, 1.54) is 15.9 Å². The quantitative estimate of drug-likeness (QED) is 0.496. The number of carbonyl (C=O) groups excluding carboxylic acids is 3. The first kappa shape index (κ1) is 28.4. The van der Waals surface area contributed by atoms with Crippen LogP contribution in [0.3, 0.4) is 0 Å². The molecular formula is C29H36FN3O6. The number of rotatable bonds is 7. The second kappa shape index (κ2) is 12.0. The van der Waals surface area contributed by atoms with Gasteiger partial charge >= 0.3 is 12.2 Å². The SMILES string of the molecule is CN(C(=O)O[C@@H]1CN(c2ccc(C3CCN(C(=O)COCc4ccccc4)CC3)c(F)c2)C(=O)O1)C(C)(C)C. The highest BCUT2D eigenvalue weighted by Crippen LogP contribution is 2.33. The van der Waals surface area contributed by atoms with Crippen LogP contribution in [0.5, 0.6) is 0 Å². The van der Waals surface area contributed by atoms with Crippen LogP contribution in [0.25, 0.3) is 0 Å². The van der Waals surface area contributed by atoms with Crippen LogP contribution in [0.15, 0.2) is 48.5 Å². The number of cyclic esters (lactones) is 1. The maximum Gasteiger partial charge on any atom is 0.417 e. The Morgan fingerprint density at radius 1 is 1.10 bits per heavy atom. The lowest BCUT2D eigenvalue weighted by Gasteiger charge is -2.32. The van der Waals surface area contributed by atoms with E-state index in [1.54, 1.807) is 24.1 Å². The Kier molecular flexibility index (Phi) is 8.74. The Hall–Kier alpha value is -3.66. The molecule has 3 amide bonds. The summed E-state index contributed by atoms with van der Waals surface area (Å²) >= 11 is 0. The van der Waals surface area contributed by atoms with E-state index < -0.39 is 29.8 Å². The molecule has 2 aliphatic rings. The summed E-state index contributed by atoms with van der Waals surface area (Å²) in [5.74, 6) is -0.540. The van der Waals surface area contributed by atoms with E-state index in [2.05, 4.69) is 0 Å². The first-order valence-electron chi connectivity index (χ1n) is 13.1. The fourth-order valence-electron chi connectivity index (χ4n) is 4.55. The summed E-state index contributed by atoms with van der Waals surface area (Å²) in [6.07, 6.45) is -1.15. The molecule has 2 heterocycles. The van der Waals surface area contributed by atoms with Gasteiger partial charge in [-0.1, -0.05) is 36.4 Å². The molecule has 210 valence electrons. The molecule has 1 atom stereocenters. The molecule has 0 N–H and O–H groups in total. The Labute approximate surface area is 228 Å². The largest absolute Gasteiger partial charge is 0.417 e. The van der Waals surface area contributed by atoms with Crippen molar-refractivity contribution in [3.8, 4) is 0 Å². The molecule has 0 aromatic heterocycles. The van der Waals surface area contributed by atoms with Gasteiger partial charge < -0.3 is 24.0 Å². The Morgan fingerprint density at radius 2 is 1.79 bits per heavy atom. The van der Waals surface area contributed by atoms with Crippen molar-refractivity contribution in [2.24, 2.45) is 0 Å². The second-order valence-electron chi connectivity index (χ2n) is 10.9. The maximum absolute atomic E-state index is 15.2. The number of hydrogen-bond donors (Lipinski definition) is 0. The van der Waals surface area contributed by atoms with Crippen LogP contribution < -0.4 is 4.90 Å². The average Bonchev–Trinajstić information content (AvgIpc) is 3.27. The number of ether oxygens (including phenoxy) is 3. The van der Waals surface area contributed by atoms with Gasteiger partial charge in [-0.05, 0) is 62.8 Å². The van der Waals surface area contributed by atoms with Crippen molar-refractivity contribution in [2.45, 2.75) is 58.0 Å². The third-order valence-electron chi connectivity index (χ3n) is 7.22. The van der Waals surface area contributed by atoms with Crippen LogP contribution in [0.2, 0.25) is 0 Å². The fraction of sp³-hybridized carbons (Fsp3) is 0.483. The summed E-state index contributed by atoms with van der Waals surface area (Å²) in [6, 6.07) is 14.3. The van der Waals surface area contributed by atoms with E-state index in [4.69, 9.17) is 14.2 Å². The van der Waals surface area contributed by atoms with Gasteiger partial charge in [-0.2, -0.15) is 0 Å². The molecule has 2 fully saturated rings. The molecule has 2 aromatic carbocycles. The van der Waals surface area contributed by atoms with Gasteiger partial charge in [0.15, 0.2) is 0 Å². The van der Waals surface area contributed by atoms with Crippen molar-refractivity contribution in [1.82, 2.24) is 9.80 Å². The van der Waals surface area contributed by atoms with E-state index in [-0.39, 0.29) is 25.0 Å². The Bertz CT molecular complexity index is 1180. The van der Waals surface area contributed by atoms with Gasteiger partial charge in [0.25, 0.3) is 6.29 Å². The average molecular weight is 542 g/mol. The standard InChI is InChI=1S/C29H36FN3O6/c1-29(2,3)31(4)27(35)38-26-17-33(28(36)39-26)22-10-11-23(24(30)16-22)21-12-14-32(15-13-21)25(34)19-37-18-20-8-6-5-7-9-20/h5-11,16,21,26H,12-15,17-19H2,1-4H3/t26-/m0/s1. The molecule has 0 aliphatic carbocycles. The minimum absolute atomic E-state index is 0.0113. The summed E-state index contributed by atoms with van der Waals surface area (Å²) in [7, 11) is 1.60. The highest BCUT2D eigenvalue weighted by molar-refractivity contribution is 5.89.